The standard InChI is InChI=1S/C16H17ClN2O4S/c1-16(9-23-2,15(21)22)19-13(20)7-10-8-24-14(18-10)11-5-3-4-6-12(11)17/h3-6,8H,7,9H2,1-2H3,(H,19,20)(H,21,22). The molecule has 1 atom stereocenters. The predicted octanol–water partition coefficient (Wildman–Crippen LogP) is 2.61. The molecule has 2 rings (SSSR count). The maximum atomic E-state index is 12.1. The Balaban J connectivity index is 2.08. The quantitative estimate of drug-likeness (QED) is 0.784. The average Bonchev–Trinajstić information content (AvgIpc) is 2.95. The lowest BCUT2D eigenvalue weighted by Crippen LogP contribution is -2.55. The highest BCUT2D eigenvalue weighted by Crippen LogP contribution is 2.30. The molecular weight excluding hydrogens is 352 g/mol. The second-order valence-corrected chi connectivity index (χ2v) is 6.68. The molecule has 1 amide bonds. The Morgan fingerprint density at radius 2 is 2.12 bits per heavy atom. The van der Waals surface area contributed by atoms with Crippen LogP contribution in [-0.4, -0.2) is 41.2 Å². The van der Waals surface area contributed by atoms with Gasteiger partial charge in [0.2, 0.25) is 5.91 Å². The van der Waals surface area contributed by atoms with Crippen LogP contribution in [0.5, 0.6) is 0 Å². The lowest BCUT2D eigenvalue weighted by molar-refractivity contribution is -0.149. The van der Waals surface area contributed by atoms with E-state index in [2.05, 4.69) is 10.3 Å². The number of aromatic nitrogens is 1. The van der Waals surface area contributed by atoms with E-state index in [9.17, 15) is 14.7 Å². The fraction of sp³-hybridized carbons (Fsp3) is 0.312. The summed E-state index contributed by atoms with van der Waals surface area (Å²) >= 11 is 7.52. The molecule has 128 valence electrons. The number of nitrogens with zero attached hydrogens (tertiary/aromatic N) is 1. The maximum Gasteiger partial charge on any atom is 0.331 e. The van der Waals surface area contributed by atoms with Crippen LogP contribution in [0.15, 0.2) is 29.6 Å². The van der Waals surface area contributed by atoms with E-state index in [-0.39, 0.29) is 13.0 Å². The van der Waals surface area contributed by atoms with Gasteiger partial charge in [0.25, 0.3) is 0 Å². The van der Waals surface area contributed by atoms with Gasteiger partial charge in [-0.05, 0) is 13.0 Å². The summed E-state index contributed by atoms with van der Waals surface area (Å²) < 4.78 is 4.87. The van der Waals surface area contributed by atoms with E-state index in [1.807, 2.05) is 18.2 Å². The molecule has 1 aromatic carbocycles. The van der Waals surface area contributed by atoms with Gasteiger partial charge in [0, 0.05) is 18.1 Å². The van der Waals surface area contributed by atoms with Crippen molar-refractivity contribution >= 4 is 34.8 Å². The molecule has 0 aliphatic carbocycles. The number of hydrogen-bond acceptors (Lipinski definition) is 5. The van der Waals surface area contributed by atoms with E-state index in [1.54, 1.807) is 11.4 Å². The minimum absolute atomic E-state index is 0.0203. The van der Waals surface area contributed by atoms with Gasteiger partial charge in [0.15, 0.2) is 5.54 Å². The van der Waals surface area contributed by atoms with Crippen molar-refractivity contribution in [2.75, 3.05) is 13.7 Å². The highest BCUT2D eigenvalue weighted by atomic mass is 35.5. The van der Waals surface area contributed by atoms with Crippen LogP contribution >= 0.6 is 22.9 Å². The largest absolute Gasteiger partial charge is 0.479 e. The van der Waals surface area contributed by atoms with E-state index in [0.717, 1.165) is 5.56 Å². The van der Waals surface area contributed by atoms with Crippen LogP contribution in [0.1, 0.15) is 12.6 Å². The van der Waals surface area contributed by atoms with Crippen molar-refractivity contribution in [3.05, 3.63) is 40.4 Å². The minimum atomic E-state index is -1.48. The number of thiazole rings is 1. The summed E-state index contributed by atoms with van der Waals surface area (Å²) in [4.78, 5) is 27.8. The van der Waals surface area contributed by atoms with E-state index >= 15 is 0 Å². The molecule has 6 nitrogen and oxygen atoms in total. The Hall–Kier alpha value is -1.96. The smallest absolute Gasteiger partial charge is 0.331 e. The Labute approximate surface area is 148 Å². The maximum absolute atomic E-state index is 12.1. The van der Waals surface area contributed by atoms with Gasteiger partial charge in [-0.25, -0.2) is 9.78 Å². The van der Waals surface area contributed by atoms with E-state index < -0.39 is 17.4 Å². The number of rotatable bonds is 7. The first-order valence-electron chi connectivity index (χ1n) is 7.08. The second-order valence-electron chi connectivity index (χ2n) is 5.42. The highest BCUT2D eigenvalue weighted by molar-refractivity contribution is 7.13. The van der Waals surface area contributed by atoms with E-state index in [1.165, 1.54) is 25.4 Å². The number of aliphatic carboxylic acids is 1. The van der Waals surface area contributed by atoms with Crippen LogP contribution in [0.3, 0.4) is 0 Å². The molecular formula is C16H17ClN2O4S. The third-order valence-corrected chi connectivity index (χ3v) is 4.57. The number of amides is 1. The van der Waals surface area contributed by atoms with Gasteiger partial charge in [0.05, 0.1) is 23.7 Å². The number of ether oxygens (including phenoxy) is 1. The molecule has 0 saturated carbocycles. The molecule has 0 aliphatic heterocycles. The summed E-state index contributed by atoms with van der Waals surface area (Å²) in [7, 11) is 1.38. The summed E-state index contributed by atoms with van der Waals surface area (Å²) in [5.74, 6) is -1.60. The zero-order valence-corrected chi connectivity index (χ0v) is 14.8. The number of carbonyl (C=O) groups excluding carboxylic acids is 1. The van der Waals surface area contributed by atoms with Crippen LogP contribution in [0.2, 0.25) is 5.02 Å². The van der Waals surface area contributed by atoms with Crippen molar-refractivity contribution < 1.29 is 19.4 Å². The van der Waals surface area contributed by atoms with Crippen molar-refractivity contribution in [2.24, 2.45) is 0 Å². The van der Waals surface area contributed by atoms with Crippen molar-refractivity contribution in [2.45, 2.75) is 18.9 Å². The first kappa shape index (κ1) is 18.4. The number of hydrogen-bond donors (Lipinski definition) is 2. The SMILES string of the molecule is COCC(C)(NC(=O)Cc1csc(-c2ccccc2Cl)n1)C(=O)O. The van der Waals surface area contributed by atoms with Crippen LogP contribution < -0.4 is 5.32 Å². The van der Waals surface area contributed by atoms with Gasteiger partial charge >= 0.3 is 5.97 Å². The van der Waals surface area contributed by atoms with Crippen LogP contribution in [0, 0.1) is 0 Å². The molecule has 0 saturated heterocycles. The number of benzene rings is 1. The summed E-state index contributed by atoms with van der Waals surface area (Å²) in [6, 6.07) is 7.31. The molecule has 2 N–H and O–H groups in total. The molecule has 1 aromatic heterocycles. The Morgan fingerprint density at radius 1 is 1.42 bits per heavy atom. The molecule has 8 heteroatoms. The van der Waals surface area contributed by atoms with Gasteiger partial charge in [-0.2, -0.15) is 0 Å². The van der Waals surface area contributed by atoms with Gasteiger partial charge in [-0.1, -0.05) is 29.8 Å². The molecule has 1 heterocycles. The Bertz CT molecular complexity index is 749. The van der Waals surface area contributed by atoms with E-state index in [0.29, 0.717) is 15.7 Å². The second kappa shape index (κ2) is 7.74. The highest BCUT2D eigenvalue weighted by Gasteiger charge is 2.35. The number of nitrogens with one attached hydrogen (secondary N) is 1. The lowest BCUT2D eigenvalue weighted by atomic mass is 10.0. The normalized spacial score (nSPS) is 13.3. The van der Waals surface area contributed by atoms with Gasteiger partial charge in [-0.3, -0.25) is 4.79 Å². The molecule has 24 heavy (non-hydrogen) atoms. The number of carboxylic acids is 1. The third-order valence-electron chi connectivity index (χ3n) is 3.32. The minimum Gasteiger partial charge on any atom is -0.479 e. The average molecular weight is 369 g/mol. The van der Waals surface area contributed by atoms with Crippen molar-refractivity contribution in [1.29, 1.82) is 0 Å². The topological polar surface area (TPSA) is 88.5 Å². The predicted molar refractivity (Wildman–Crippen MR) is 92.3 cm³/mol. The first-order chi connectivity index (χ1) is 11.4. The molecule has 0 spiro atoms. The summed E-state index contributed by atoms with van der Waals surface area (Å²) in [6.07, 6.45) is -0.0203. The van der Waals surface area contributed by atoms with Crippen molar-refractivity contribution in [1.82, 2.24) is 10.3 Å². The fourth-order valence-corrected chi connectivity index (χ4v) is 3.24. The van der Waals surface area contributed by atoms with Crippen molar-refractivity contribution in [3.63, 3.8) is 0 Å². The van der Waals surface area contributed by atoms with Crippen LogP contribution in [0.25, 0.3) is 10.6 Å². The molecule has 0 bridgehead atoms. The molecule has 0 fully saturated rings. The fourth-order valence-electron chi connectivity index (χ4n) is 2.10. The summed E-state index contributed by atoms with van der Waals surface area (Å²) in [6.45, 7) is 1.27. The first-order valence-corrected chi connectivity index (χ1v) is 8.34. The Morgan fingerprint density at radius 3 is 2.75 bits per heavy atom. The molecule has 0 radical (unpaired) electrons. The zero-order chi connectivity index (χ0) is 17.7. The number of halogens is 1. The van der Waals surface area contributed by atoms with E-state index in [4.69, 9.17) is 16.3 Å². The van der Waals surface area contributed by atoms with Crippen LogP contribution in [-0.2, 0) is 20.7 Å². The third kappa shape index (κ3) is 4.31. The molecule has 0 aliphatic rings. The monoisotopic (exact) mass is 368 g/mol. The van der Waals surface area contributed by atoms with Gasteiger partial charge in [0.1, 0.15) is 5.01 Å². The Kier molecular flexibility index (Phi) is 5.93. The zero-order valence-electron chi connectivity index (χ0n) is 13.2. The van der Waals surface area contributed by atoms with Gasteiger partial charge < -0.3 is 15.2 Å². The summed E-state index contributed by atoms with van der Waals surface area (Å²) in [5, 5.41) is 14.8. The number of carbonyl (C=O) groups is 2. The lowest BCUT2D eigenvalue weighted by Gasteiger charge is -2.25. The molecule has 1 unspecified atom stereocenters. The number of methoxy groups -OCH3 is 1. The number of carboxylic acid groups (broad SMARTS) is 1. The summed E-state index contributed by atoms with van der Waals surface area (Å²) in [5.41, 5.74) is -0.129. The van der Waals surface area contributed by atoms with Crippen molar-refractivity contribution in [3.8, 4) is 10.6 Å². The van der Waals surface area contributed by atoms with Crippen LogP contribution in [0.4, 0.5) is 0 Å². The van der Waals surface area contributed by atoms with Gasteiger partial charge in [-0.15, -0.1) is 11.3 Å². The molecule has 2 aromatic rings.